The third kappa shape index (κ3) is 2.32. The molecule has 0 aromatic heterocycles. The maximum atomic E-state index is 11.1. The molecule has 1 aliphatic carbocycles. The summed E-state index contributed by atoms with van der Waals surface area (Å²) in [5, 5.41) is 12.8. The second-order valence-electron chi connectivity index (χ2n) is 6.95. The van der Waals surface area contributed by atoms with Crippen LogP contribution in [0.4, 0.5) is 5.69 Å². The Labute approximate surface area is 142 Å². The Balaban J connectivity index is 1.76. The summed E-state index contributed by atoms with van der Waals surface area (Å²) in [5.41, 5.74) is 6.70. The van der Waals surface area contributed by atoms with E-state index in [2.05, 4.69) is 43.4 Å². The Kier molecular flexibility index (Phi) is 3.45. The van der Waals surface area contributed by atoms with Gasteiger partial charge < -0.3 is 10.4 Å². The minimum atomic E-state index is -0.879. The Morgan fingerprint density at radius 1 is 1.17 bits per heavy atom. The van der Waals surface area contributed by atoms with Gasteiger partial charge in [-0.2, -0.15) is 0 Å². The highest BCUT2D eigenvalue weighted by molar-refractivity contribution is 5.87. The van der Waals surface area contributed by atoms with Crippen molar-refractivity contribution in [2.75, 3.05) is 5.32 Å². The summed E-state index contributed by atoms with van der Waals surface area (Å²) >= 11 is 0. The third-order valence-electron chi connectivity index (χ3n) is 5.33. The summed E-state index contributed by atoms with van der Waals surface area (Å²) in [6.07, 6.45) is 5.67. The van der Waals surface area contributed by atoms with Crippen LogP contribution < -0.4 is 5.32 Å². The van der Waals surface area contributed by atoms with Gasteiger partial charge in [-0.3, -0.25) is 0 Å². The van der Waals surface area contributed by atoms with Gasteiger partial charge in [0.1, 0.15) is 0 Å². The van der Waals surface area contributed by atoms with E-state index in [9.17, 15) is 4.79 Å². The zero-order valence-corrected chi connectivity index (χ0v) is 13.9. The summed E-state index contributed by atoms with van der Waals surface area (Å²) in [7, 11) is 0. The molecule has 0 saturated heterocycles. The molecule has 4 rings (SSSR count). The van der Waals surface area contributed by atoms with Gasteiger partial charge in [0.25, 0.3) is 0 Å². The number of fused-ring (bicyclic) bond motifs is 3. The Bertz CT molecular complexity index is 836. The molecule has 0 saturated carbocycles. The smallest absolute Gasteiger partial charge is 0.335 e. The van der Waals surface area contributed by atoms with Crippen LogP contribution in [0.5, 0.6) is 0 Å². The highest BCUT2D eigenvalue weighted by Crippen LogP contribution is 2.50. The van der Waals surface area contributed by atoms with Gasteiger partial charge in [-0.25, -0.2) is 4.79 Å². The number of carboxylic acid groups (broad SMARTS) is 1. The van der Waals surface area contributed by atoms with E-state index in [0.717, 1.165) is 12.0 Å². The summed E-state index contributed by atoms with van der Waals surface area (Å²) in [5.74, 6) is 0.0357. The van der Waals surface area contributed by atoms with Crippen molar-refractivity contribution in [2.45, 2.75) is 32.2 Å². The molecule has 0 unspecified atom stereocenters. The molecule has 122 valence electrons. The average Bonchev–Trinajstić information content (AvgIpc) is 3.04. The van der Waals surface area contributed by atoms with Crippen molar-refractivity contribution in [2.24, 2.45) is 5.92 Å². The zero-order valence-electron chi connectivity index (χ0n) is 13.9. The molecule has 0 amide bonds. The predicted octanol–water partition coefficient (Wildman–Crippen LogP) is 4.83. The number of rotatable bonds is 2. The first-order valence-electron chi connectivity index (χ1n) is 8.42. The van der Waals surface area contributed by atoms with Gasteiger partial charge in [-0.05, 0) is 55.0 Å². The van der Waals surface area contributed by atoms with Gasteiger partial charge in [0.2, 0.25) is 0 Å². The molecule has 3 atom stereocenters. The summed E-state index contributed by atoms with van der Waals surface area (Å²) < 4.78 is 0. The number of allylic oxidation sites excluding steroid dienone is 2. The number of hydrogen-bond donors (Lipinski definition) is 2. The summed E-state index contributed by atoms with van der Waals surface area (Å²) in [6.45, 7) is 4.31. The topological polar surface area (TPSA) is 49.3 Å². The van der Waals surface area contributed by atoms with Crippen molar-refractivity contribution < 1.29 is 9.90 Å². The zero-order chi connectivity index (χ0) is 16.8. The molecular weight excluding hydrogens is 298 g/mol. The monoisotopic (exact) mass is 319 g/mol. The fourth-order valence-electron chi connectivity index (χ4n) is 4.24. The van der Waals surface area contributed by atoms with Crippen molar-refractivity contribution in [3.63, 3.8) is 0 Å². The highest BCUT2D eigenvalue weighted by atomic mass is 16.4. The molecule has 2 aromatic carbocycles. The average molecular weight is 319 g/mol. The third-order valence-corrected chi connectivity index (χ3v) is 5.33. The molecule has 0 spiro atoms. The van der Waals surface area contributed by atoms with E-state index in [4.69, 9.17) is 5.11 Å². The summed E-state index contributed by atoms with van der Waals surface area (Å²) in [6, 6.07) is 12.0. The standard InChI is InChI=1S/C21H21NO2/c1-12-10-13(2)19-18(11-12)16-4-3-5-17(16)20(22-19)14-6-8-15(9-7-14)21(23)24/h3-4,6-11,16-17,20,22H,5H2,1-2H3,(H,23,24)/t16-,17+,20-/m0/s1. The van der Waals surface area contributed by atoms with Crippen molar-refractivity contribution in [1.82, 2.24) is 0 Å². The predicted molar refractivity (Wildman–Crippen MR) is 95.7 cm³/mol. The van der Waals surface area contributed by atoms with Crippen molar-refractivity contribution in [1.29, 1.82) is 0 Å². The number of anilines is 1. The van der Waals surface area contributed by atoms with Gasteiger partial charge in [0.05, 0.1) is 11.6 Å². The Morgan fingerprint density at radius 3 is 2.62 bits per heavy atom. The van der Waals surface area contributed by atoms with Crippen molar-refractivity contribution in [3.05, 3.63) is 76.4 Å². The van der Waals surface area contributed by atoms with Gasteiger partial charge in [0.15, 0.2) is 0 Å². The maximum Gasteiger partial charge on any atom is 0.335 e. The van der Waals surface area contributed by atoms with Gasteiger partial charge >= 0.3 is 5.97 Å². The number of aromatic carboxylic acids is 1. The molecule has 24 heavy (non-hydrogen) atoms. The van der Waals surface area contributed by atoms with Crippen LogP contribution in [-0.4, -0.2) is 11.1 Å². The maximum absolute atomic E-state index is 11.1. The molecule has 0 radical (unpaired) electrons. The lowest BCUT2D eigenvalue weighted by Crippen LogP contribution is -2.29. The van der Waals surface area contributed by atoms with Crippen LogP contribution in [0.25, 0.3) is 0 Å². The van der Waals surface area contributed by atoms with E-state index in [-0.39, 0.29) is 6.04 Å². The molecule has 2 aliphatic rings. The first-order chi connectivity index (χ1) is 11.5. The highest BCUT2D eigenvalue weighted by Gasteiger charge is 2.38. The van der Waals surface area contributed by atoms with E-state index in [1.54, 1.807) is 12.1 Å². The molecular formula is C21H21NO2. The summed E-state index contributed by atoms with van der Waals surface area (Å²) in [4.78, 5) is 11.1. The fourth-order valence-corrected chi connectivity index (χ4v) is 4.24. The van der Waals surface area contributed by atoms with E-state index < -0.39 is 5.97 Å². The van der Waals surface area contributed by atoms with Crippen LogP contribution in [0.2, 0.25) is 0 Å². The molecule has 1 heterocycles. The first kappa shape index (κ1) is 15.0. The van der Waals surface area contributed by atoms with E-state index in [0.29, 0.717) is 17.4 Å². The van der Waals surface area contributed by atoms with Crippen LogP contribution in [0, 0.1) is 19.8 Å². The molecule has 0 bridgehead atoms. The largest absolute Gasteiger partial charge is 0.478 e. The lowest BCUT2D eigenvalue weighted by molar-refractivity contribution is 0.0697. The Morgan fingerprint density at radius 2 is 1.92 bits per heavy atom. The van der Waals surface area contributed by atoms with Gasteiger partial charge in [-0.1, -0.05) is 42.0 Å². The van der Waals surface area contributed by atoms with E-state index in [1.165, 1.54) is 22.4 Å². The lowest BCUT2D eigenvalue weighted by atomic mass is 9.76. The second kappa shape index (κ2) is 5.52. The van der Waals surface area contributed by atoms with Crippen LogP contribution >= 0.6 is 0 Å². The normalized spacial score (nSPS) is 24.2. The van der Waals surface area contributed by atoms with Crippen LogP contribution in [0.15, 0.2) is 48.6 Å². The Hall–Kier alpha value is -2.55. The first-order valence-corrected chi connectivity index (χ1v) is 8.42. The number of carbonyl (C=O) groups is 1. The van der Waals surface area contributed by atoms with Crippen molar-refractivity contribution in [3.8, 4) is 0 Å². The molecule has 3 nitrogen and oxygen atoms in total. The minimum absolute atomic E-state index is 0.210. The van der Waals surface area contributed by atoms with E-state index >= 15 is 0 Å². The molecule has 1 aliphatic heterocycles. The van der Waals surface area contributed by atoms with E-state index in [1.807, 2.05) is 12.1 Å². The molecule has 2 aromatic rings. The SMILES string of the molecule is Cc1cc(C)c2c(c1)[C@H]1C=CC[C@H]1[C@H](c1ccc(C(=O)O)cc1)N2. The van der Waals surface area contributed by atoms with Crippen LogP contribution in [0.3, 0.4) is 0 Å². The number of hydrogen-bond acceptors (Lipinski definition) is 2. The second-order valence-corrected chi connectivity index (χ2v) is 6.95. The van der Waals surface area contributed by atoms with Gasteiger partial charge in [-0.15, -0.1) is 0 Å². The van der Waals surface area contributed by atoms with Crippen LogP contribution in [-0.2, 0) is 0 Å². The number of benzene rings is 2. The molecule has 0 fully saturated rings. The number of carboxylic acids is 1. The fraction of sp³-hybridized carbons (Fsp3) is 0.286. The molecule has 3 heteroatoms. The minimum Gasteiger partial charge on any atom is -0.478 e. The number of aryl methyl sites for hydroxylation is 2. The quantitative estimate of drug-likeness (QED) is 0.780. The number of nitrogens with one attached hydrogen (secondary N) is 1. The molecule has 2 N–H and O–H groups in total. The van der Waals surface area contributed by atoms with Crippen LogP contribution in [0.1, 0.15) is 51.0 Å². The lowest BCUT2D eigenvalue weighted by Gasteiger charge is -2.38. The van der Waals surface area contributed by atoms with Gasteiger partial charge in [0, 0.05) is 11.6 Å². The van der Waals surface area contributed by atoms with Crippen molar-refractivity contribution >= 4 is 11.7 Å².